The van der Waals surface area contributed by atoms with Gasteiger partial charge in [0.05, 0.1) is 5.69 Å². The summed E-state index contributed by atoms with van der Waals surface area (Å²) in [7, 11) is 0. The van der Waals surface area contributed by atoms with Crippen LogP contribution < -0.4 is 0 Å². The summed E-state index contributed by atoms with van der Waals surface area (Å²) >= 11 is 19.0. The van der Waals surface area contributed by atoms with Crippen LogP contribution in [-0.4, -0.2) is 24.3 Å². The van der Waals surface area contributed by atoms with E-state index in [-0.39, 0.29) is 0 Å². The van der Waals surface area contributed by atoms with Crippen molar-refractivity contribution in [3.63, 3.8) is 0 Å². The van der Waals surface area contributed by atoms with Gasteiger partial charge in [-0.3, -0.25) is 4.57 Å². The normalized spacial score (nSPS) is 15.1. The fraction of sp³-hybridized carbons (Fsp3) is 0.294. The van der Waals surface area contributed by atoms with E-state index in [1.54, 1.807) is 6.33 Å². The third-order valence-corrected chi connectivity index (χ3v) is 6.08. The van der Waals surface area contributed by atoms with Crippen LogP contribution in [0.15, 0.2) is 47.9 Å². The molecule has 0 unspecified atom stereocenters. The maximum absolute atomic E-state index is 5.86. The molecule has 3 nitrogen and oxygen atoms in total. The lowest BCUT2D eigenvalue weighted by Crippen LogP contribution is -2.07. The molecular formula is C17H14Cl3N3S. The summed E-state index contributed by atoms with van der Waals surface area (Å²) < 4.78 is 0.638. The summed E-state index contributed by atoms with van der Waals surface area (Å²) in [6.45, 7) is 0. The van der Waals surface area contributed by atoms with Crippen LogP contribution in [0.1, 0.15) is 24.3 Å². The highest BCUT2D eigenvalue weighted by atomic mass is 35.6. The van der Waals surface area contributed by atoms with Gasteiger partial charge < -0.3 is 0 Å². The molecule has 124 valence electrons. The Bertz CT molecular complexity index is 884. The molecule has 2 aromatic carbocycles. The van der Waals surface area contributed by atoms with Crippen molar-refractivity contribution in [1.82, 2.24) is 14.8 Å². The van der Waals surface area contributed by atoms with Gasteiger partial charge in [-0.15, -0.1) is 10.2 Å². The SMILES string of the molecule is ClC(Cl)(Cl)CSc1nncn1-c1ccc(C2CC2)c2ccccc12. The monoisotopic (exact) mass is 397 g/mol. The van der Waals surface area contributed by atoms with E-state index in [1.165, 1.54) is 40.9 Å². The molecule has 0 bridgehead atoms. The number of fused-ring (bicyclic) bond motifs is 1. The minimum atomic E-state index is -1.32. The van der Waals surface area contributed by atoms with E-state index in [0.29, 0.717) is 16.8 Å². The van der Waals surface area contributed by atoms with E-state index in [4.69, 9.17) is 34.8 Å². The quantitative estimate of drug-likeness (QED) is 0.413. The summed E-state index contributed by atoms with van der Waals surface area (Å²) in [6.07, 6.45) is 4.26. The van der Waals surface area contributed by atoms with Crippen LogP contribution in [0.5, 0.6) is 0 Å². The molecule has 0 N–H and O–H groups in total. The highest BCUT2D eigenvalue weighted by Gasteiger charge is 2.26. The first-order valence-electron chi connectivity index (χ1n) is 7.64. The standard InChI is InChI=1S/C17H14Cl3N3S/c18-17(19,20)9-24-16-22-21-10-23(16)15-8-7-12(11-5-6-11)13-3-1-2-4-14(13)15/h1-4,7-8,10-11H,5-6,9H2. The van der Waals surface area contributed by atoms with Crippen molar-refractivity contribution in [1.29, 1.82) is 0 Å². The molecule has 1 heterocycles. The number of rotatable bonds is 4. The smallest absolute Gasteiger partial charge is 0.199 e. The van der Waals surface area contributed by atoms with Crippen LogP contribution in [0.25, 0.3) is 16.5 Å². The van der Waals surface area contributed by atoms with E-state index in [2.05, 4.69) is 46.6 Å². The molecule has 1 aliphatic rings. The Labute approximate surface area is 159 Å². The van der Waals surface area contributed by atoms with Gasteiger partial charge in [-0.05, 0) is 35.8 Å². The highest BCUT2D eigenvalue weighted by molar-refractivity contribution is 7.99. The molecular weight excluding hydrogens is 385 g/mol. The van der Waals surface area contributed by atoms with Crippen molar-refractivity contribution < 1.29 is 0 Å². The summed E-state index contributed by atoms with van der Waals surface area (Å²) in [4.78, 5) is 0. The fourth-order valence-electron chi connectivity index (χ4n) is 2.90. The third kappa shape index (κ3) is 3.38. The molecule has 0 atom stereocenters. The number of nitrogens with zero attached hydrogens (tertiary/aromatic N) is 3. The first kappa shape index (κ1) is 16.5. The van der Waals surface area contributed by atoms with E-state index in [0.717, 1.165) is 5.69 Å². The molecule has 1 aromatic heterocycles. The lowest BCUT2D eigenvalue weighted by Gasteiger charge is -2.14. The molecule has 24 heavy (non-hydrogen) atoms. The number of thioether (sulfide) groups is 1. The fourth-order valence-corrected chi connectivity index (χ4v) is 4.07. The van der Waals surface area contributed by atoms with Gasteiger partial charge in [-0.2, -0.15) is 0 Å². The Kier molecular flexibility index (Phi) is 4.42. The molecule has 0 spiro atoms. The number of benzene rings is 2. The zero-order valence-corrected chi connectivity index (χ0v) is 15.7. The molecule has 1 saturated carbocycles. The first-order valence-corrected chi connectivity index (χ1v) is 9.76. The summed E-state index contributed by atoms with van der Waals surface area (Å²) in [5.41, 5.74) is 2.48. The molecule has 4 rings (SSSR count). The summed E-state index contributed by atoms with van der Waals surface area (Å²) in [5.74, 6) is 1.01. The Morgan fingerprint density at radius 3 is 2.54 bits per heavy atom. The lowest BCUT2D eigenvalue weighted by atomic mass is 9.99. The van der Waals surface area contributed by atoms with Gasteiger partial charge in [-0.1, -0.05) is 76.9 Å². The summed E-state index contributed by atoms with van der Waals surface area (Å²) in [6, 6.07) is 12.8. The van der Waals surface area contributed by atoms with Gasteiger partial charge in [0.2, 0.25) is 0 Å². The Balaban J connectivity index is 1.78. The zero-order chi connectivity index (χ0) is 16.7. The van der Waals surface area contributed by atoms with Crippen LogP contribution >= 0.6 is 46.6 Å². The predicted molar refractivity (Wildman–Crippen MR) is 102 cm³/mol. The van der Waals surface area contributed by atoms with Crippen molar-refractivity contribution >= 4 is 57.3 Å². The topological polar surface area (TPSA) is 30.7 Å². The number of hydrogen-bond donors (Lipinski definition) is 0. The molecule has 3 aromatic rings. The number of halogens is 3. The summed E-state index contributed by atoms with van der Waals surface area (Å²) in [5, 5.41) is 11.4. The second-order valence-electron chi connectivity index (χ2n) is 5.88. The van der Waals surface area contributed by atoms with Crippen molar-refractivity contribution in [2.75, 3.05) is 5.75 Å². The van der Waals surface area contributed by atoms with E-state index >= 15 is 0 Å². The maximum atomic E-state index is 5.86. The predicted octanol–water partition coefficient (Wildman–Crippen LogP) is 5.76. The van der Waals surface area contributed by atoms with Crippen LogP contribution in [0, 0.1) is 0 Å². The highest BCUT2D eigenvalue weighted by Crippen LogP contribution is 2.44. The third-order valence-electron chi connectivity index (χ3n) is 4.09. The van der Waals surface area contributed by atoms with Crippen molar-refractivity contribution in [2.24, 2.45) is 0 Å². The molecule has 7 heteroatoms. The number of aromatic nitrogens is 3. The largest absolute Gasteiger partial charge is 0.276 e. The Hall–Kier alpha value is -0.940. The lowest BCUT2D eigenvalue weighted by molar-refractivity contribution is 0.888. The van der Waals surface area contributed by atoms with Gasteiger partial charge in [0.1, 0.15) is 6.33 Å². The number of alkyl halides is 3. The minimum absolute atomic E-state index is 0.314. The van der Waals surface area contributed by atoms with Gasteiger partial charge in [0.15, 0.2) is 8.95 Å². The molecule has 1 aliphatic carbocycles. The van der Waals surface area contributed by atoms with Crippen molar-refractivity contribution in [3.05, 3.63) is 48.3 Å². The second-order valence-corrected chi connectivity index (χ2v) is 9.34. The molecule has 0 aliphatic heterocycles. The maximum Gasteiger partial charge on any atom is 0.199 e. The van der Waals surface area contributed by atoms with Gasteiger partial charge >= 0.3 is 0 Å². The van der Waals surface area contributed by atoms with E-state index < -0.39 is 3.79 Å². The first-order chi connectivity index (χ1) is 11.5. The van der Waals surface area contributed by atoms with Gasteiger partial charge in [0, 0.05) is 11.1 Å². The Morgan fingerprint density at radius 2 is 1.83 bits per heavy atom. The average molecular weight is 399 g/mol. The van der Waals surface area contributed by atoms with Gasteiger partial charge in [0.25, 0.3) is 0 Å². The van der Waals surface area contributed by atoms with E-state index in [1.807, 2.05) is 4.57 Å². The van der Waals surface area contributed by atoms with E-state index in [9.17, 15) is 0 Å². The van der Waals surface area contributed by atoms with Crippen LogP contribution in [0.4, 0.5) is 0 Å². The molecule has 1 fully saturated rings. The molecule has 0 amide bonds. The molecule has 0 saturated heterocycles. The second kappa shape index (κ2) is 6.41. The molecule has 0 radical (unpaired) electrons. The van der Waals surface area contributed by atoms with Crippen LogP contribution in [0.3, 0.4) is 0 Å². The number of hydrogen-bond acceptors (Lipinski definition) is 3. The minimum Gasteiger partial charge on any atom is -0.276 e. The average Bonchev–Trinajstić information content (AvgIpc) is 3.29. The van der Waals surface area contributed by atoms with Crippen LogP contribution in [0.2, 0.25) is 0 Å². The zero-order valence-electron chi connectivity index (χ0n) is 12.6. The van der Waals surface area contributed by atoms with Crippen molar-refractivity contribution in [3.8, 4) is 5.69 Å². The Morgan fingerprint density at radius 1 is 1.08 bits per heavy atom. The van der Waals surface area contributed by atoms with Crippen LogP contribution in [-0.2, 0) is 0 Å². The van der Waals surface area contributed by atoms with Gasteiger partial charge in [-0.25, -0.2) is 0 Å². The van der Waals surface area contributed by atoms with Crippen molar-refractivity contribution in [2.45, 2.75) is 27.7 Å².